The minimum Gasteiger partial charge on any atom is -0.373 e. The molecular weight excluding hydrogens is 234 g/mol. The third-order valence-electron chi connectivity index (χ3n) is 6.97. The van der Waals surface area contributed by atoms with Crippen molar-refractivity contribution in [3.63, 3.8) is 0 Å². The van der Waals surface area contributed by atoms with Crippen molar-refractivity contribution in [3.05, 3.63) is 0 Å². The number of ether oxygens (including phenoxy) is 1. The molecule has 3 aliphatic carbocycles. The molecule has 110 valence electrons. The van der Waals surface area contributed by atoms with E-state index >= 15 is 0 Å². The van der Waals surface area contributed by atoms with Gasteiger partial charge in [0.25, 0.3) is 0 Å². The molecule has 0 aromatic carbocycles. The molecule has 3 saturated carbocycles. The first-order chi connectivity index (χ1) is 8.99. The van der Waals surface area contributed by atoms with Crippen LogP contribution in [0.1, 0.15) is 66.2 Å². The lowest BCUT2D eigenvalue weighted by Gasteiger charge is -2.40. The molecule has 0 saturated heterocycles. The largest absolute Gasteiger partial charge is 0.373 e. The van der Waals surface area contributed by atoms with Crippen LogP contribution >= 0.6 is 0 Å². The topological polar surface area (TPSA) is 21.3 Å². The third-order valence-corrected chi connectivity index (χ3v) is 6.97. The van der Waals surface area contributed by atoms with E-state index in [1.807, 2.05) is 0 Å². The van der Waals surface area contributed by atoms with E-state index in [4.69, 9.17) is 4.74 Å². The summed E-state index contributed by atoms with van der Waals surface area (Å²) in [5, 5.41) is 3.62. The Morgan fingerprint density at radius 2 is 1.95 bits per heavy atom. The maximum Gasteiger partial charge on any atom is 0.0732 e. The van der Waals surface area contributed by atoms with Crippen LogP contribution in [0, 0.1) is 16.7 Å². The summed E-state index contributed by atoms with van der Waals surface area (Å²) >= 11 is 0. The number of rotatable bonds is 4. The van der Waals surface area contributed by atoms with Crippen molar-refractivity contribution in [2.45, 2.75) is 84.5 Å². The number of fused-ring (bicyclic) bond motifs is 2. The molecule has 0 amide bonds. The molecule has 0 spiro atoms. The molecule has 0 aromatic heterocycles. The number of hydrogen-bond donors (Lipinski definition) is 1. The van der Waals surface area contributed by atoms with Crippen LogP contribution in [0.4, 0.5) is 0 Å². The predicted molar refractivity (Wildman–Crippen MR) is 79.2 cm³/mol. The molecule has 3 rings (SSSR count). The van der Waals surface area contributed by atoms with Crippen molar-refractivity contribution < 1.29 is 4.74 Å². The van der Waals surface area contributed by atoms with E-state index in [1.165, 1.54) is 38.5 Å². The molecule has 0 heterocycles. The summed E-state index contributed by atoms with van der Waals surface area (Å²) in [6.45, 7) is 10.7. The van der Waals surface area contributed by atoms with E-state index in [0.717, 1.165) is 12.5 Å². The van der Waals surface area contributed by atoms with Gasteiger partial charge in [-0.15, -0.1) is 0 Å². The molecule has 1 N–H and O–H groups in total. The van der Waals surface area contributed by atoms with E-state index < -0.39 is 0 Å². The van der Waals surface area contributed by atoms with Crippen LogP contribution in [0.15, 0.2) is 0 Å². The summed E-state index contributed by atoms with van der Waals surface area (Å²) in [6.07, 6.45) is 8.96. The normalized spacial score (nSPS) is 48.0. The highest BCUT2D eigenvalue weighted by atomic mass is 16.5. The lowest BCUT2D eigenvalue weighted by atomic mass is 9.70. The summed E-state index contributed by atoms with van der Waals surface area (Å²) in [6, 6.07) is 0.607. The van der Waals surface area contributed by atoms with Gasteiger partial charge in [0, 0.05) is 6.04 Å². The lowest BCUT2D eigenvalue weighted by Crippen LogP contribution is -2.44. The first-order valence-electron chi connectivity index (χ1n) is 8.38. The molecule has 2 nitrogen and oxygen atoms in total. The predicted octanol–water partition coefficient (Wildman–Crippen LogP) is 3.75. The van der Waals surface area contributed by atoms with Gasteiger partial charge in [0.1, 0.15) is 0 Å². The fourth-order valence-electron chi connectivity index (χ4n) is 5.13. The molecule has 5 atom stereocenters. The molecule has 0 aromatic rings. The number of nitrogens with one attached hydrogen (secondary N) is 1. The van der Waals surface area contributed by atoms with E-state index in [2.05, 4.69) is 33.0 Å². The smallest absolute Gasteiger partial charge is 0.0732 e. The highest BCUT2D eigenvalue weighted by molar-refractivity contribution is 5.11. The Morgan fingerprint density at radius 1 is 1.16 bits per heavy atom. The lowest BCUT2D eigenvalue weighted by molar-refractivity contribution is -0.0909. The van der Waals surface area contributed by atoms with E-state index in [9.17, 15) is 0 Å². The minimum atomic E-state index is 0.414. The Morgan fingerprint density at radius 3 is 2.53 bits per heavy atom. The monoisotopic (exact) mass is 265 g/mol. The second-order valence-corrected chi connectivity index (χ2v) is 7.87. The Kier molecular flexibility index (Phi) is 3.46. The summed E-state index contributed by atoms with van der Waals surface area (Å²) in [7, 11) is 0. The molecule has 5 unspecified atom stereocenters. The molecule has 19 heavy (non-hydrogen) atoms. The second-order valence-electron chi connectivity index (χ2n) is 7.87. The number of hydrogen-bond acceptors (Lipinski definition) is 2. The van der Waals surface area contributed by atoms with Gasteiger partial charge in [-0.2, -0.15) is 0 Å². The molecular formula is C17H31NO. The van der Waals surface area contributed by atoms with Gasteiger partial charge in [0.15, 0.2) is 0 Å². The van der Waals surface area contributed by atoms with Gasteiger partial charge >= 0.3 is 0 Å². The van der Waals surface area contributed by atoms with Crippen LogP contribution in [0.2, 0.25) is 0 Å². The molecule has 2 bridgehead atoms. The van der Waals surface area contributed by atoms with Gasteiger partial charge < -0.3 is 10.1 Å². The first-order valence-corrected chi connectivity index (χ1v) is 8.38. The molecule has 3 aliphatic rings. The quantitative estimate of drug-likeness (QED) is 0.836. The summed E-state index contributed by atoms with van der Waals surface area (Å²) < 4.78 is 6.65. The number of likely N-dealkylation sites (N-methyl/N-ethyl adjacent to an activating group) is 1. The molecule has 0 radical (unpaired) electrons. The Labute approximate surface area is 118 Å². The average Bonchev–Trinajstić information content (AvgIpc) is 2.93. The highest BCUT2D eigenvalue weighted by Crippen LogP contribution is 2.66. The maximum absolute atomic E-state index is 6.65. The minimum absolute atomic E-state index is 0.414. The van der Waals surface area contributed by atoms with Crippen molar-refractivity contribution in [1.29, 1.82) is 0 Å². The van der Waals surface area contributed by atoms with Crippen LogP contribution in [0.5, 0.6) is 0 Å². The van der Waals surface area contributed by atoms with Crippen molar-refractivity contribution in [3.8, 4) is 0 Å². The van der Waals surface area contributed by atoms with E-state index in [-0.39, 0.29) is 0 Å². The maximum atomic E-state index is 6.65. The zero-order valence-corrected chi connectivity index (χ0v) is 13.2. The van der Waals surface area contributed by atoms with Gasteiger partial charge in [-0.05, 0) is 61.8 Å². The van der Waals surface area contributed by atoms with Gasteiger partial charge in [0.2, 0.25) is 0 Å². The van der Waals surface area contributed by atoms with Crippen LogP contribution in [0.25, 0.3) is 0 Å². The molecule has 3 fully saturated rings. The summed E-state index contributed by atoms with van der Waals surface area (Å²) in [5.41, 5.74) is 0.890. The molecule has 2 heteroatoms. The summed E-state index contributed by atoms with van der Waals surface area (Å²) in [5.74, 6) is 0.890. The zero-order chi connectivity index (χ0) is 13.7. The first kappa shape index (κ1) is 13.9. The van der Waals surface area contributed by atoms with Gasteiger partial charge in [-0.1, -0.05) is 27.7 Å². The van der Waals surface area contributed by atoms with E-state index in [0.29, 0.717) is 29.1 Å². The van der Waals surface area contributed by atoms with Crippen molar-refractivity contribution >= 4 is 0 Å². The van der Waals surface area contributed by atoms with Crippen LogP contribution in [-0.4, -0.2) is 24.8 Å². The fraction of sp³-hybridized carbons (Fsp3) is 1.00. The highest BCUT2D eigenvalue weighted by Gasteiger charge is 2.62. The second kappa shape index (κ2) is 4.73. The van der Waals surface area contributed by atoms with Crippen LogP contribution in [0.3, 0.4) is 0 Å². The standard InChI is InChI=1S/C17H31NO/c1-5-18-13-7-6-8-14(13)19-15-11-12-9-10-17(15,4)16(12,2)3/h12-15,18H,5-11H2,1-4H3. The average molecular weight is 265 g/mol. The van der Waals surface area contributed by atoms with Crippen molar-refractivity contribution in [2.75, 3.05) is 6.54 Å². The summed E-state index contributed by atoms with van der Waals surface area (Å²) in [4.78, 5) is 0. The van der Waals surface area contributed by atoms with Gasteiger partial charge in [-0.3, -0.25) is 0 Å². The van der Waals surface area contributed by atoms with Crippen LogP contribution < -0.4 is 5.32 Å². The Bertz CT molecular complexity index is 340. The molecule has 0 aliphatic heterocycles. The van der Waals surface area contributed by atoms with E-state index in [1.54, 1.807) is 0 Å². The van der Waals surface area contributed by atoms with Crippen LogP contribution in [-0.2, 0) is 4.74 Å². The Hall–Kier alpha value is -0.0800. The van der Waals surface area contributed by atoms with Crippen molar-refractivity contribution in [2.24, 2.45) is 16.7 Å². The van der Waals surface area contributed by atoms with Gasteiger partial charge in [0.05, 0.1) is 12.2 Å². The zero-order valence-electron chi connectivity index (χ0n) is 13.2. The SMILES string of the molecule is CCNC1CCCC1OC1CC2CCC1(C)C2(C)C. The fourth-order valence-corrected chi connectivity index (χ4v) is 5.13. The third kappa shape index (κ3) is 1.98. The van der Waals surface area contributed by atoms with Crippen molar-refractivity contribution in [1.82, 2.24) is 5.32 Å². The Balaban J connectivity index is 1.68. The van der Waals surface area contributed by atoms with Gasteiger partial charge in [-0.25, -0.2) is 0 Å².